The zero-order valence-corrected chi connectivity index (χ0v) is 10.7. The predicted molar refractivity (Wildman–Crippen MR) is 69.7 cm³/mol. The number of hydrogen-bond acceptors (Lipinski definition) is 5. The van der Waals surface area contributed by atoms with Crippen LogP contribution in [0.15, 0.2) is 41.8 Å². The van der Waals surface area contributed by atoms with Crippen LogP contribution in [-0.2, 0) is 5.75 Å². The molecular weight excluding hydrogens is 274 g/mol. The van der Waals surface area contributed by atoms with E-state index in [1.165, 1.54) is 36.3 Å². The average Bonchev–Trinajstić information content (AvgIpc) is 2.38. The number of benzene rings is 1. The van der Waals surface area contributed by atoms with E-state index in [0.717, 1.165) is 10.6 Å². The molecule has 92 valence electrons. The summed E-state index contributed by atoms with van der Waals surface area (Å²) < 4.78 is 0. The summed E-state index contributed by atoms with van der Waals surface area (Å²) in [5.41, 5.74) is 0.757. The third-order valence-electron chi connectivity index (χ3n) is 2.17. The van der Waals surface area contributed by atoms with Gasteiger partial charge in [-0.3, -0.25) is 10.1 Å². The van der Waals surface area contributed by atoms with Crippen LogP contribution in [0, 0.1) is 10.1 Å². The van der Waals surface area contributed by atoms with Crippen LogP contribution in [0.3, 0.4) is 0 Å². The maximum atomic E-state index is 10.7. The van der Waals surface area contributed by atoms with Crippen LogP contribution in [0.4, 0.5) is 5.69 Å². The summed E-state index contributed by atoms with van der Waals surface area (Å²) in [5.74, 6) is 0.525. The molecule has 0 unspecified atom stereocenters. The fourth-order valence-electron chi connectivity index (χ4n) is 1.30. The Hall–Kier alpha value is -1.66. The molecule has 0 aliphatic heterocycles. The minimum atomic E-state index is -0.435. The second-order valence-corrected chi connectivity index (χ2v) is 4.77. The summed E-state index contributed by atoms with van der Waals surface area (Å²) in [6.07, 6.45) is 3.10. The Balaban J connectivity index is 2.14. The second-order valence-electron chi connectivity index (χ2n) is 3.37. The van der Waals surface area contributed by atoms with Gasteiger partial charge in [0.15, 0.2) is 0 Å². The highest BCUT2D eigenvalue weighted by atomic mass is 35.5. The van der Waals surface area contributed by atoms with Crippen LogP contribution in [0.5, 0.6) is 0 Å². The van der Waals surface area contributed by atoms with Crippen molar-refractivity contribution in [2.24, 2.45) is 0 Å². The molecule has 2 rings (SSSR count). The SMILES string of the molecule is O=[N+]([O-])c1ccc(Cl)c(CSc2ccncn2)c1. The number of rotatable bonds is 4. The maximum Gasteiger partial charge on any atom is 0.269 e. The van der Waals surface area contributed by atoms with Gasteiger partial charge in [0.1, 0.15) is 6.33 Å². The number of nitro benzene ring substituents is 1. The summed E-state index contributed by atoms with van der Waals surface area (Å²) in [5, 5.41) is 12.0. The van der Waals surface area contributed by atoms with E-state index in [1.54, 1.807) is 12.3 Å². The van der Waals surface area contributed by atoms with Crippen molar-refractivity contribution >= 4 is 29.1 Å². The van der Waals surface area contributed by atoms with Gasteiger partial charge in [0.2, 0.25) is 0 Å². The van der Waals surface area contributed by atoms with Crippen LogP contribution >= 0.6 is 23.4 Å². The molecular formula is C11H8ClN3O2S. The quantitative estimate of drug-likeness (QED) is 0.372. The first-order valence-electron chi connectivity index (χ1n) is 4.98. The molecule has 0 aliphatic carbocycles. The number of nitrogens with zero attached hydrogens (tertiary/aromatic N) is 3. The van der Waals surface area contributed by atoms with Gasteiger partial charge in [0.05, 0.1) is 9.95 Å². The highest BCUT2D eigenvalue weighted by Crippen LogP contribution is 2.28. The Bertz CT molecular complexity index is 565. The Morgan fingerprint density at radius 1 is 1.39 bits per heavy atom. The Morgan fingerprint density at radius 3 is 2.89 bits per heavy atom. The largest absolute Gasteiger partial charge is 0.269 e. The van der Waals surface area contributed by atoms with Crippen molar-refractivity contribution in [3.63, 3.8) is 0 Å². The third kappa shape index (κ3) is 3.18. The molecule has 5 nitrogen and oxygen atoms in total. The van der Waals surface area contributed by atoms with E-state index in [-0.39, 0.29) is 5.69 Å². The van der Waals surface area contributed by atoms with Gasteiger partial charge in [-0.15, -0.1) is 11.8 Å². The van der Waals surface area contributed by atoms with E-state index in [0.29, 0.717) is 10.8 Å². The van der Waals surface area contributed by atoms with Crippen molar-refractivity contribution in [2.75, 3.05) is 0 Å². The molecule has 0 saturated carbocycles. The zero-order chi connectivity index (χ0) is 13.0. The molecule has 0 fully saturated rings. The van der Waals surface area contributed by atoms with E-state index >= 15 is 0 Å². The summed E-state index contributed by atoms with van der Waals surface area (Å²) in [6.45, 7) is 0. The lowest BCUT2D eigenvalue weighted by molar-refractivity contribution is -0.384. The van der Waals surface area contributed by atoms with Gasteiger partial charge < -0.3 is 0 Å². The lowest BCUT2D eigenvalue weighted by Gasteiger charge is -2.03. The molecule has 1 aromatic carbocycles. The van der Waals surface area contributed by atoms with E-state index in [1.807, 2.05) is 0 Å². The summed E-state index contributed by atoms with van der Waals surface area (Å²) >= 11 is 7.45. The zero-order valence-electron chi connectivity index (χ0n) is 9.12. The van der Waals surface area contributed by atoms with Crippen molar-refractivity contribution in [1.29, 1.82) is 0 Å². The molecule has 0 saturated heterocycles. The van der Waals surface area contributed by atoms with Crippen molar-refractivity contribution < 1.29 is 4.92 Å². The van der Waals surface area contributed by atoms with Gasteiger partial charge in [-0.2, -0.15) is 0 Å². The second kappa shape index (κ2) is 5.79. The molecule has 0 bridgehead atoms. The number of aromatic nitrogens is 2. The minimum Gasteiger partial charge on any atom is -0.258 e. The molecule has 1 aromatic heterocycles. The first-order valence-corrected chi connectivity index (χ1v) is 6.35. The molecule has 0 amide bonds. The summed E-state index contributed by atoms with van der Waals surface area (Å²) in [6, 6.07) is 6.18. The topological polar surface area (TPSA) is 68.9 Å². The third-order valence-corrected chi connectivity index (χ3v) is 3.53. The van der Waals surface area contributed by atoms with E-state index in [9.17, 15) is 10.1 Å². The molecule has 1 heterocycles. The van der Waals surface area contributed by atoms with Crippen molar-refractivity contribution in [3.8, 4) is 0 Å². The number of nitro groups is 1. The standard InChI is InChI=1S/C11H8ClN3O2S/c12-10-2-1-9(15(16)17)5-8(10)6-18-11-3-4-13-7-14-11/h1-5,7H,6H2. The highest BCUT2D eigenvalue weighted by Gasteiger charge is 2.10. The van der Waals surface area contributed by atoms with Gasteiger partial charge in [-0.05, 0) is 17.7 Å². The average molecular weight is 282 g/mol. The van der Waals surface area contributed by atoms with Crippen LogP contribution in [-0.4, -0.2) is 14.9 Å². The van der Waals surface area contributed by atoms with Crippen molar-refractivity contribution in [1.82, 2.24) is 9.97 Å². The van der Waals surface area contributed by atoms with Gasteiger partial charge >= 0.3 is 0 Å². The summed E-state index contributed by atoms with van der Waals surface area (Å²) in [7, 11) is 0. The molecule has 7 heteroatoms. The van der Waals surface area contributed by atoms with Gasteiger partial charge in [-0.1, -0.05) is 11.6 Å². The minimum absolute atomic E-state index is 0.0395. The van der Waals surface area contributed by atoms with Gasteiger partial charge in [0, 0.05) is 29.1 Å². The monoisotopic (exact) mass is 281 g/mol. The van der Waals surface area contributed by atoms with Crippen LogP contribution in [0.25, 0.3) is 0 Å². The number of non-ortho nitro benzene ring substituents is 1. The van der Waals surface area contributed by atoms with E-state index < -0.39 is 4.92 Å². The lowest BCUT2D eigenvalue weighted by Crippen LogP contribution is -1.91. The smallest absolute Gasteiger partial charge is 0.258 e. The van der Waals surface area contributed by atoms with Crippen molar-refractivity contribution in [3.05, 3.63) is 57.5 Å². The first kappa shape index (κ1) is 12.8. The molecule has 18 heavy (non-hydrogen) atoms. The highest BCUT2D eigenvalue weighted by molar-refractivity contribution is 7.98. The molecule has 0 spiro atoms. The number of halogens is 1. The van der Waals surface area contributed by atoms with E-state index in [4.69, 9.17) is 11.6 Å². The van der Waals surface area contributed by atoms with Crippen LogP contribution < -0.4 is 0 Å². The molecule has 0 radical (unpaired) electrons. The molecule has 2 aromatic rings. The first-order chi connectivity index (χ1) is 8.66. The number of hydrogen-bond donors (Lipinski definition) is 0. The normalized spacial score (nSPS) is 10.3. The Labute approximate surface area is 112 Å². The molecule has 0 aliphatic rings. The van der Waals surface area contributed by atoms with Crippen LogP contribution in [0.1, 0.15) is 5.56 Å². The van der Waals surface area contributed by atoms with Crippen molar-refractivity contribution in [2.45, 2.75) is 10.8 Å². The summed E-state index contributed by atoms with van der Waals surface area (Å²) in [4.78, 5) is 18.1. The fourth-order valence-corrected chi connectivity index (χ4v) is 2.39. The van der Waals surface area contributed by atoms with E-state index in [2.05, 4.69) is 9.97 Å². The molecule has 0 atom stereocenters. The fraction of sp³-hybridized carbons (Fsp3) is 0.0909. The lowest BCUT2D eigenvalue weighted by atomic mass is 10.2. The predicted octanol–water partition coefficient (Wildman–Crippen LogP) is 3.33. The number of thioether (sulfide) groups is 1. The molecule has 0 N–H and O–H groups in total. The van der Waals surface area contributed by atoms with Gasteiger partial charge in [-0.25, -0.2) is 9.97 Å². The maximum absolute atomic E-state index is 10.7. The van der Waals surface area contributed by atoms with Crippen LogP contribution in [0.2, 0.25) is 5.02 Å². The van der Waals surface area contributed by atoms with Gasteiger partial charge in [0.25, 0.3) is 5.69 Å². The Kier molecular flexibility index (Phi) is 4.11. The Morgan fingerprint density at radius 2 is 2.22 bits per heavy atom.